The molecular formula is C27H21N3O. The maximum atomic E-state index is 6.10. The molecule has 3 heterocycles. The number of pyridine rings is 1. The van der Waals surface area contributed by atoms with Crippen LogP contribution in [-0.2, 0) is 0 Å². The largest absolute Gasteiger partial charge is 0.438 e. The molecular weight excluding hydrogens is 382 g/mol. The van der Waals surface area contributed by atoms with Crippen LogP contribution in [0.25, 0.3) is 55.6 Å². The molecule has 0 aliphatic carbocycles. The number of para-hydroxylation sites is 2. The van der Waals surface area contributed by atoms with Crippen LogP contribution in [0.3, 0.4) is 0 Å². The number of hydrogen-bond acceptors (Lipinski definition) is 3. The second kappa shape index (κ2) is 6.81. The van der Waals surface area contributed by atoms with Crippen molar-refractivity contribution in [1.82, 2.24) is 14.5 Å². The standard InChI is InChI=1S/C27H21N3O/c1-17(2)30-24-11-7-6-10-23(24)29-26(30)20-14-22-21-13-12-19(18-8-4-3-5-9-18)15-25(21)31-27(22)28-16-20/h3-17H,1-2H3. The molecule has 6 aromatic rings. The van der Waals surface area contributed by atoms with Crippen molar-refractivity contribution >= 4 is 33.1 Å². The van der Waals surface area contributed by atoms with Gasteiger partial charge in [-0.05, 0) is 55.3 Å². The number of benzene rings is 3. The lowest BCUT2D eigenvalue weighted by atomic mass is 10.0. The first kappa shape index (κ1) is 17.9. The fraction of sp³-hybridized carbons (Fsp3) is 0.111. The SMILES string of the molecule is CC(C)n1c(-c2cnc3oc4cc(-c5ccccc5)ccc4c3c2)nc2ccccc21. The van der Waals surface area contributed by atoms with Crippen molar-refractivity contribution in [2.75, 3.05) is 0 Å². The highest BCUT2D eigenvalue weighted by molar-refractivity contribution is 6.05. The topological polar surface area (TPSA) is 43.9 Å². The van der Waals surface area contributed by atoms with E-state index in [9.17, 15) is 0 Å². The zero-order valence-corrected chi connectivity index (χ0v) is 17.4. The Bertz CT molecular complexity index is 1560. The molecule has 0 saturated heterocycles. The van der Waals surface area contributed by atoms with Crippen molar-refractivity contribution in [2.24, 2.45) is 0 Å². The summed E-state index contributed by atoms with van der Waals surface area (Å²) in [4.78, 5) is 9.57. The Morgan fingerprint density at radius 2 is 1.58 bits per heavy atom. The smallest absolute Gasteiger partial charge is 0.227 e. The molecule has 3 aromatic heterocycles. The van der Waals surface area contributed by atoms with E-state index in [0.717, 1.165) is 44.3 Å². The first-order valence-corrected chi connectivity index (χ1v) is 10.5. The molecule has 0 aliphatic rings. The minimum Gasteiger partial charge on any atom is -0.438 e. The highest BCUT2D eigenvalue weighted by Gasteiger charge is 2.17. The summed E-state index contributed by atoms with van der Waals surface area (Å²) in [7, 11) is 0. The lowest BCUT2D eigenvalue weighted by molar-refractivity contribution is 0.624. The molecule has 0 amide bonds. The van der Waals surface area contributed by atoms with Crippen LogP contribution in [0, 0.1) is 0 Å². The highest BCUT2D eigenvalue weighted by Crippen LogP contribution is 2.35. The first-order chi connectivity index (χ1) is 15.2. The van der Waals surface area contributed by atoms with Crippen molar-refractivity contribution in [2.45, 2.75) is 19.9 Å². The second-order valence-electron chi connectivity index (χ2n) is 8.14. The lowest BCUT2D eigenvalue weighted by Gasteiger charge is -2.13. The summed E-state index contributed by atoms with van der Waals surface area (Å²) in [6, 6.07) is 27.4. The summed E-state index contributed by atoms with van der Waals surface area (Å²) in [6.45, 7) is 4.36. The molecule has 0 N–H and O–H groups in total. The summed E-state index contributed by atoms with van der Waals surface area (Å²) in [5.74, 6) is 0.931. The minimum atomic E-state index is 0.285. The molecule has 0 fully saturated rings. The zero-order valence-electron chi connectivity index (χ0n) is 17.4. The third-order valence-electron chi connectivity index (χ3n) is 5.81. The molecule has 0 saturated carbocycles. The van der Waals surface area contributed by atoms with E-state index in [-0.39, 0.29) is 6.04 Å². The van der Waals surface area contributed by atoms with Gasteiger partial charge in [-0.25, -0.2) is 9.97 Å². The van der Waals surface area contributed by atoms with Crippen LogP contribution in [0.4, 0.5) is 0 Å². The second-order valence-corrected chi connectivity index (χ2v) is 8.14. The highest BCUT2D eigenvalue weighted by atomic mass is 16.3. The third kappa shape index (κ3) is 2.83. The van der Waals surface area contributed by atoms with Crippen molar-refractivity contribution in [1.29, 1.82) is 0 Å². The van der Waals surface area contributed by atoms with E-state index in [4.69, 9.17) is 9.40 Å². The summed E-state index contributed by atoms with van der Waals surface area (Å²) < 4.78 is 8.38. The molecule has 0 spiro atoms. The molecule has 0 radical (unpaired) electrons. The van der Waals surface area contributed by atoms with E-state index in [1.807, 2.05) is 30.5 Å². The Balaban J connectivity index is 1.54. The van der Waals surface area contributed by atoms with Gasteiger partial charge < -0.3 is 8.98 Å². The Kier molecular flexibility index (Phi) is 3.93. The van der Waals surface area contributed by atoms with E-state index in [1.165, 1.54) is 5.56 Å². The summed E-state index contributed by atoms with van der Waals surface area (Å²) in [5, 5.41) is 2.07. The van der Waals surface area contributed by atoms with Gasteiger partial charge in [-0.15, -0.1) is 0 Å². The average molecular weight is 403 g/mol. The lowest BCUT2D eigenvalue weighted by Crippen LogP contribution is -2.03. The Labute approximate surface area is 179 Å². The van der Waals surface area contributed by atoms with Gasteiger partial charge >= 0.3 is 0 Å². The Morgan fingerprint density at radius 3 is 2.42 bits per heavy atom. The van der Waals surface area contributed by atoms with E-state index in [1.54, 1.807) is 0 Å². The van der Waals surface area contributed by atoms with Crippen LogP contribution in [-0.4, -0.2) is 14.5 Å². The number of hydrogen-bond donors (Lipinski definition) is 0. The Hall–Kier alpha value is -3.92. The molecule has 150 valence electrons. The molecule has 0 bridgehead atoms. The Morgan fingerprint density at radius 1 is 0.774 bits per heavy atom. The molecule has 3 aromatic carbocycles. The maximum absolute atomic E-state index is 6.10. The maximum Gasteiger partial charge on any atom is 0.227 e. The van der Waals surface area contributed by atoms with Crippen LogP contribution in [0.2, 0.25) is 0 Å². The summed E-state index contributed by atoms with van der Waals surface area (Å²) in [5.41, 5.74) is 6.92. The van der Waals surface area contributed by atoms with Crippen molar-refractivity contribution in [3.05, 3.63) is 85.1 Å². The van der Waals surface area contributed by atoms with E-state index in [2.05, 4.69) is 78.0 Å². The first-order valence-electron chi connectivity index (χ1n) is 10.5. The predicted molar refractivity (Wildman–Crippen MR) is 126 cm³/mol. The van der Waals surface area contributed by atoms with Gasteiger partial charge in [0.15, 0.2) is 0 Å². The monoisotopic (exact) mass is 403 g/mol. The van der Waals surface area contributed by atoms with Crippen LogP contribution >= 0.6 is 0 Å². The van der Waals surface area contributed by atoms with Crippen molar-refractivity contribution < 1.29 is 4.42 Å². The van der Waals surface area contributed by atoms with Crippen LogP contribution in [0.1, 0.15) is 19.9 Å². The molecule has 0 atom stereocenters. The minimum absolute atomic E-state index is 0.285. The van der Waals surface area contributed by atoms with Gasteiger partial charge in [0.2, 0.25) is 5.71 Å². The van der Waals surface area contributed by atoms with Crippen LogP contribution in [0.15, 0.2) is 89.5 Å². The summed E-state index contributed by atoms with van der Waals surface area (Å²) >= 11 is 0. The van der Waals surface area contributed by atoms with Crippen molar-refractivity contribution in [3.8, 4) is 22.5 Å². The van der Waals surface area contributed by atoms with Gasteiger partial charge in [0.25, 0.3) is 0 Å². The number of nitrogens with zero attached hydrogens (tertiary/aromatic N) is 3. The number of furan rings is 1. The fourth-order valence-corrected chi connectivity index (χ4v) is 4.36. The molecule has 0 aliphatic heterocycles. The van der Waals surface area contributed by atoms with E-state index in [0.29, 0.717) is 5.71 Å². The summed E-state index contributed by atoms with van der Waals surface area (Å²) in [6.07, 6.45) is 1.86. The quantitative estimate of drug-likeness (QED) is 0.313. The molecule has 6 rings (SSSR count). The van der Waals surface area contributed by atoms with Crippen LogP contribution in [0.5, 0.6) is 0 Å². The van der Waals surface area contributed by atoms with Crippen LogP contribution < -0.4 is 0 Å². The van der Waals surface area contributed by atoms with Crippen molar-refractivity contribution in [3.63, 3.8) is 0 Å². The number of rotatable bonds is 3. The van der Waals surface area contributed by atoms with Gasteiger partial charge in [-0.2, -0.15) is 0 Å². The number of imidazole rings is 1. The van der Waals surface area contributed by atoms with Gasteiger partial charge in [0, 0.05) is 28.6 Å². The normalized spacial score (nSPS) is 11.8. The molecule has 4 heteroatoms. The fourth-order valence-electron chi connectivity index (χ4n) is 4.36. The number of aromatic nitrogens is 3. The van der Waals surface area contributed by atoms with Gasteiger partial charge in [0.05, 0.1) is 11.0 Å². The molecule has 0 unspecified atom stereocenters. The number of fused-ring (bicyclic) bond motifs is 4. The van der Waals surface area contributed by atoms with Gasteiger partial charge in [-0.3, -0.25) is 0 Å². The molecule has 4 nitrogen and oxygen atoms in total. The molecule has 31 heavy (non-hydrogen) atoms. The predicted octanol–water partition coefficient (Wildman–Crippen LogP) is 7.25. The van der Waals surface area contributed by atoms with E-state index >= 15 is 0 Å². The van der Waals surface area contributed by atoms with E-state index < -0.39 is 0 Å². The average Bonchev–Trinajstić information content (AvgIpc) is 3.37. The van der Waals surface area contributed by atoms with Gasteiger partial charge in [0.1, 0.15) is 11.4 Å². The van der Waals surface area contributed by atoms with Gasteiger partial charge in [-0.1, -0.05) is 48.5 Å². The third-order valence-corrected chi connectivity index (χ3v) is 5.81. The zero-order chi connectivity index (χ0) is 20.9.